The predicted octanol–water partition coefficient (Wildman–Crippen LogP) is 0.539. The van der Waals surface area contributed by atoms with Crippen molar-refractivity contribution in [3.05, 3.63) is 17.5 Å². The summed E-state index contributed by atoms with van der Waals surface area (Å²) in [5.41, 5.74) is 7.35. The number of aryl methyl sites for hydroxylation is 2. The van der Waals surface area contributed by atoms with Crippen molar-refractivity contribution >= 4 is 5.91 Å². The van der Waals surface area contributed by atoms with Crippen molar-refractivity contribution in [3.8, 4) is 0 Å². The molecule has 1 aliphatic heterocycles. The van der Waals surface area contributed by atoms with Crippen molar-refractivity contribution in [3.63, 3.8) is 0 Å². The maximum Gasteiger partial charge on any atom is 0.272 e. The fourth-order valence-electron chi connectivity index (χ4n) is 2.34. The molecular formula is C12H20N4O. The quantitative estimate of drug-likeness (QED) is 0.815. The molecule has 1 aromatic heterocycles. The molecule has 5 heteroatoms. The molecule has 0 radical (unpaired) electrons. The third-order valence-electron chi connectivity index (χ3n) is 3.56. The average Bonchev–Trinajstić information content (AvgIpc) is 2.82. The van der Waals surface area contributed by atoms with Gasteiger partial charge in [-0.1, -0.05) is 6.92 Å². The van der Waals surface area contributed by atoms with Gasteiger partial charge < -0.3 is 10.6 Å². The Hall–Kier alpha value is -1.36. The fourth-order valence-corrected chi connectivity index (χ4v) is 2.34. The van der Waals surface area contributed by atoms with Gasteiger partial charge in [-0.3, -0.25) is 9.48 Å². The lowest BCUT2D eigenvalue weighted by molar-refractivity contribution is 0.0766. The van der Waals surface area contributed by atoms with E-state index in [4.69, 9.17) is 5.73 Å². The second-order valence-electron chi connectivity index (χ2n) is 5.29. The number of amides is 1. The van der Waals surface area contributed by atoms with Crippen LogP contribution in [0.2, 0.25) is 0 Å². The maximum absolute atomic E-state index is 12.3. The summed E-state index contributed by atoms with van der Waals surface area (Å²) < 4.78 is 1.65. The van der Waals surface area contributed by atoms with Crippen molar-refractivity contribution in [2.45, 2.75) is 20.3 Å². The molecule has 0 aliphatic carbocycles. The van der Waals surface area contributed by atoms with Gasteiger partial charge in [0.25, 0.3) is 5.91 Å². The second kappa shape index (κ2) is 4.14. The zero-order valence-corrected chi connectivity index (χ0v) is 10.7. The van der Waals surface area contributed by atoms with Crippen molar-refractivity contribution in [1.82, 2.24) is 14.7 Å². The van der Waals surface area contributed by atoms with E-state index in [0.29, 0.717) is 12.2 Å². The minimum Gasteiger partial charge on any atom is -0.337 e. The molecule has 2 heterocycles. The van der Waals surface area contributed by atoms with Gasteiger partial charge in [-0.05, 0) is 31.4 Å². The largest absolute Gasteiger partial charge is 0.337 e. The third-order valence-corrected chi connectivity index (χ3v) is 3.56. The molecule has 17 heavy (non-hydrogen) atoms. The summed E-state index contributed by atoms with van der Waals surface area (Å²) in [5, 5.41) is 4.20. The summed E-state index contributed by atoms with van der Waals surface area (Å²) in [6.07, 6.45) is 0.978. The van der Waals surface area contributed by atoms with Crippen LogP contribution < -0.4 is 5.73 Å². The van der Waals surface area contributed by atoms with Gasteiger partial charge in [0.2, 0.25) is 0 Å². The topological polar surface area (TPSA) is 64.2 Å². The Morgan fingerprint density at radius 3 is 2.82 bits per heavy atom. The Balaban J connectivity index is 2.15. The maximum atomic E-state index is 12.3. The number of carbonyl (C=O) groups is 1. The smallest absolute Gasteiger partial charge is 0.272 e. The van der Waals surface area contributed by atoms with Gasteiger partial charge in [0.05, 0.1) is 5.69 Å². The van der Waals surface area contributed by atoms with Crippen LogP contribution in [0.5, 0.6) is 0 Å². The second-order valence-corrected chi connectivity index (χ2v) is 5.29. The molecule has 0 saturated carbocycles. The molecule has 1 aliphatic rings. The van der Waals surface area contributed by atoms with Crippen LogP contribution in [0.15, 0.2) is 6.07 Å². The van der Waals surface area contributed by atoms with Crippen molar-refractivity contribution in [2.75, 3.05) is 19.6 Å². The highest BCUT2D eigenvalue weighted by atomic mass is 16.2. The van der Waals surface area contributed by atoms with Gasteiger partial charge in [-0.15, -0.1) is 0 Å². The van der Waals surface area contributed by atoms with E-state index in [1.807, 2.05) is 17.9 Å². The molecule has 1 atom stereocenters. The van der Waals surface area contributed by atoms with Gasteiger partial charge in [-0.25, -0.2) is 0 Å². The van der Waals surface area contributed by atoms with E-state index in [9.17, 15) is 4.79 Å². The highest BCUT2D eigenvalue weighted by Crippen LogP contribution is 2.29. The zero-order chi connectivity index (χ0) is 12.6. The lowest BCUT2D eigenvalue weighted by Gasteiger charge is -2.22. The van der Waals surface area contributed by atoms with Crippen LogP contribution >= 0.6 is 0 Å². The number of hydrogen-bond donors (Lipinski definition) is 1. The molecular weight excluding hydrogens is 216 g/mol. The first kappa shape index (κ1) is 12.1. The minimum atomic E-state index is 0.0604. The first-order chi connectivity index (χ1) is 7.95. The molecule has 0 bridgehead atoms. The summed E-state index contributed by atoms with van der Waals surface area (Å²) >= 11 is 0. The molecule has 1 unspecified atom stereocenters. The Labute approximate surface area is 102 Å². The number of carbonyl (C=O) groups excluding carboxylic acids is 1. The molecule has 0 spiro atoms. The third kappa shape index (κ3) is 2.20. The van der Waals surface area contributed by atoms with Crippen LogP contribution in [-0.2, 0) is 7.05 Å². The molecule has 1 amide bonds. The monoisotopic (exact) mass is 236 g/mol. The Morgan fingerprint density at radius 1 is 1.65 bits per heavy atom. The molecule has 94 valence electrons. The van der Waals surface area contributed by atoms with Crippen LogP contribution in [0.4, 0.5) is 0 Å². The van der Waals surface area contributed by atoms with E-state index in [1.165, 1.54) is 0 Å². The number of nitrogens with zero attached hydrogens (tertiary/aromatic N) is 3. The normalized spacial score (nSPS) is 24.4. The SMILES string of the molecule is Cc1cc(C(=O)N2CCC(C)(CN)C2)n(C)n1. The summed E-state index contributed by atoms with van der Waals surface area (Å²) in [5.74, 6) is 0.0604. The Bertz CT molecular complexity index is 440. The standard InChI is InChI=1S/C12H20N4O/c1-9-6-10(15(3)14-9)11(17)16-5-4-12(2,7-13)8-16/h6H,4-5,7-8,13H2,1-3H3. The minimum absolute atomic E-state index is 0.0604. The highest BCUT2D eigenvalue weighted by Gasteiger charge is 2.35. The number of nitrogens with two attached hydrogens (primary N) is 1. The lowest BCUT2D eigenvalue weighted by atomic mass is 9.90. The van der Waals surface area contributed by atoms with E-state index in [-0.39, 0.29) is 11.3 Å². The predicted molar refractivity (Wildman–Crippen MR) is 65.6 cm³/mol. The molecule has 1 fully saturated rings. The molecule has 2 N–H and O–H groups in total. The summed E-state index contributed by atoms with van der Waals surface area (Å²) in [7, 11) is 1.80. The number of hydrogen-bond acceptors (Lipinski definition) is 3. The number of aromatic nitrogens is 2. The van der Waals surface area contributed by atoms with Crippen molar-refractivity contribution in [2.24, 2.45) is 18.2 Å². The molecule has 0 aromatic carbocycles. The average molecular weight is 236 g/mol. The molecule has 2 rings (SSSR count). The highest BCUT2D eigenvalue weighted by molar-refractivity contribution is 5.92. The van der Waals surface area contributed by atoms with Crippen LogP contribution in [-0.4, -0.2) is 40.2 Å². The van der Waals surface area contributed by atoms with Crippen molar-refractivity contribution in [1.29, 1.82) is 0 Å². The van der Waals surface area contributed by atoms with Crippen molar-refractivity contribution < 1.29 is 4.79 Å². The van der Waals surface area contributed by atoms with Gasteiger partial charge in [-0.2, -0.15) is 5.10 Å². The fraction of sp³-hybridized carbons (Fsp3) is 0.667. The van der Waals surface area contributed by atoms with Gasteiger partial charge in [0.15, 0.2) is 0 Å². The van der Waals surface area contributed by atoms with Crippen LogP contribution in [0.3, 0.4) is 0 Å². The van der Waals surface area contributed by atoms with Gasteiger partial charge in [0.1, 0.15) is 5.69 Å². The number of rotatable bonds is 2. The molecule has 5 nitrogen and oxygen atoms in total. The zero-order valence-electron chi connectivity index (χ0n) is 10.7. The van der Waals surface area contributed by atoms with Gasteiger partial charge >= 0.3 is 0 Å². The van der Waals surface area contributed by atoms with E-state index in [0.717, 1.165) is 25.2 Å². The summed E-state index contributed by atoms with van der Waals surface area (Å²) in [4.78, 5) is 14.2. The molecule has 1 saturated heterocycles. The van der Waals surface area contributed by atoms with E-state index in [2.05, 4.69) is 12.0 Å². The summed E-state index contributed by atoms with van der Waals surface area (Å²) in [6, 6.07) is 1.83. The summed E-state index contributed by atoms with van der Waals surface area (Å²) in [6.45, 7) is 6.18. The van der Waals surface area contributed by atoms with E-state index in [1.54, 1.807) is 11.7 Å². The first-order valence-electron chi connectivity index (χ1n) is 5.95. The van der Waals surface area contributed by atoms with Crippen LogP contribution in [0.25, 0.3) is 0 Å². The number of likely N-dealkylation sites (tertiary alicyclic amines) is 1. The van der Waals surface area contributed by atoms with E-state index < -0.39 is 0 Å². The van der Waals surface area contributed by atoms with Crippen LogP contribution in [0, 0.1) is 12.3 Å². The van der Waals surface area contributed by atoms with Gasteiger partial charge in [0, 0.05) is 20.1 Å². The lowest BCUT2D eigenvalue weighted by Crippen LogP contribution is -2.35. The van der Waals surface area contributed by atoms with Crippen LogP contribution in [0.1, 0.15) is 29.5 Å². The Kier molecular flexibility index (Phi) is 2.95. The molecule has 1 aromatic rings. The van der Waals surface area contributed by atoms with E-state index >= 15 is 0 Å². The first-order valence-corrected chi connectivity index (χ1v) is 5.95. The Morgan fingerprint density at radius 2 is 2.35 bits per heavy atom.